The minimum absolute atomic E-state index is 0.108. The summed E-state index contributed by atoms with van der Waals surface area (Å²) < 4.78 is 59.8. The van der Waals surface area contributed by atoms with Gasteiger partial charge in [0, 0.05) is 52.4 Å². The molecule has 2 heterocycles. The number of hydrogen-bond acceptors (Lipinski definition) is 5. The van der Waals surface area contributed by atoms with Gasteiger partial charge in [0.1, 0.15) is 16.5 Å². The molecule has 2 aliphatic rings. The van der Waals surface area contributed by atoms with Gasteiger partial charge in [0.25, 0.3) is 0 Å². The average Bonchev–Trinajstić information content (AvgIpc) is 2.64. The van der Waals surface area contributed by atoms with Crippen LogP contribution in [0.5, 0.6) is 0 Å². The van der Waals surface area contributed by atoms with E-state index in [1.54, 1.807) is 0 Å². The molecule has 1 aromatic rings. The first-order valence-corrected chi connectivity index (χ1v) is 11.2. The molecule has 2 fully saturated rings. The second kappa shape index (κ2) is 9.13. The minimum Gasteiger partial charge on any atom is -0.374 e. The van der Waals surface area contributed by atoms with E-state index in [1.807, 2.05) is 0 Å². The van der Waals surface area contributed by atoms with E-state index in [0.29, 0.717) is 25.6 Å². The minimum atomic E-state index is -4.04. The van der Waals surface area contributed by atoms with Gasteiger partial charge in [-0.25, -0.2) is 17.2 Å². The van der Waals surface area contributed by atoms with Crippen LogP contribution in [0.2, 0.25) is 0 Å². The SMILES string of the molecule is CC(C)CN1CCO[C@H](CN2CCN(S(=O)(=O)c3cc(F)ccc3F)CC2)C1. The summed E-state index contributed by atoms with van der Waals surface area (Å²) in [6, 6.07) is 2.51. The topological polar surface area (TPSA) is 53.1 Å². The third-order valence-electron chi connectivity index (χ3n) is 5.15. The van der Waals surface area contributed by atoms with E-state index >= 15 is 0 Å². The van der Waals surface area contributed by atoms with Crippen molar-refractivity contribution < 1.29 is 21.9 Å². The fourth-order valence-corrected chi connectivity index (χ4v) is 5.33. The third-order valence-corrected chi connectivity index (χ3v) is 7.06. The Kier molecular flexibility index (Phi) is 7.03. The maximum Gasteiger partial charge on any atom is 0.246 e. The van der Waals surface area contributed by atoms with Gasteiger partial charge in [0.15, 0.2) is 0 Å². The van der Waals surface area contributed by atoms with E-state index in [0.717, 1.165) is 44.4 Å². The lowest BCUT2D eigenvalue weighted by Crippen LogP contribution is -2.53. The summed E-state index contributed by atoms with van der Waals surface area (Å²) >= 11 is 0. The maximum absolute atomic E-state index is 13.9. The van der Waals surface area contributed by atoms with Gasteiger partial charge in [-0.1, -0.05) is 13.8 Å². The maximum atomic E-state index is 13.9. The predicted molar refractivity (Wildman–Crippen MR) is 103 cm³/mol. The van der Waals surface area contributed by atoms with Crippen LogP contribution in [0.15, 0.2) is 23.1 Å². The van der Waals surface area contributed by atoms with Crippen LogP contribution in [0, 0.1) is 17.6 Å². The van der Waals surface area contributed by atoms with Gasteiger partial charge in [-0.05, 0) is 24.1 Å². The molecule has 158 valence electrons. The zero-order valence-corrected chi connectivity index (χ0v) is 17.3. The highest BCUT2D eigenvalue weighted by molar-refractivity contribution is 7.89. The van der Waals surface area contributed by atoms with Crippen LogP contribution in [0.25, 0.3) is 0 Å². The molecular formula is C19H29F2N3O3S. The summed E-state index contributed by atoms with van der Waals surface area (Å²) in [4.78, 5) is 3.99. The van der Waals surface area contributed by atoms with Crippen molar-refractivity contribution in [1.82, 2.24) is 14.1 Å². The number of nitrogens with zero attached hydrogens (tertiary/aromatic N) is 3. The van der Waals surface area contributed by atoms with Crippen molar-refractivity contribution in [3.63, 3.8) is 0 Å². The summed E-state index contributed by atoms with van der Waals surface area (Å²) in [5, 5.41) is 0. The van der Waals surface area contributed by atoms with Gasteiger partial charge in [0.2, 0.25) is 10.0 Å². The molecule has 3 rings (SSSR count). The lowest BCUT2D eigenvalue weighted by atomic mass is 10.1. The van der Waals surface area contributed by atoms with E-state index in [9.17, 15) is 17.2 Å². The third kappa shape index (κ3) is 5.27. The predicted octanol–water partition coefficient (Wildman–Crippen LogP) is 1.63. The van der Waals surface area contributed by atoms with E-state index < -0.39 is 26.6 Å². The first-order valence-electron chi connectivity index (χ1n) is 9.77. The van der Waals surface area contributed by atoms with Crippen LogP contribution >= 0.6 is 0 Å². The van der Waals surface area contributed by atoms with Crippen LogP contribution in [0.3, 0.4) is 0 Å². The van der Waals surface area contributed by atoms with Crippen LogP contribution < -0.4 is 0 Å². The average molecular weight is 418 g/mol. The largest absolute Gasteiger partial charge is 0.374 e. The Morgan fingerprint density at radius 2 is 1.82 bits per heavy atom. The van der Waals surface area contributed by atoms with E-state index in [4.69, 9.17) is 4.74 Å². The molecule has 6 nitrogen and oxygen atoms in total. The van der Waals surface area contributed by atoms with Gasteiger partial charge in [-0.2, -0.15) is 4.31 Å². The van der Waals surface area contributed by atoms with Gasteiger partial charge < -0.3 is 4.74 Å². The van der Waals surface area contributed by atoms with Crippen molar-refractivity contribution in [2.24, 2.45) is 5.92 Å². The zero-order chi connectivity index (χ0) is 20.3. The molecule has 0 amide bonds. The second-order valence-corrected chi connectivity index (χ2v) is 9.83. The molecule has 0 saturated carbocycles. The summed E-state index contributed by atoms with van der Waals surface area (Å²) in [6.45, 7) is 10.3. The Morgan fingerprint density at radius 1 is 1.11 bits per heavy atom. The lowest BCUT2D eigenvalue weighted by molar-refractivity contribution is -0.0486. The fraction of sp³-hybridized carbons (Fsp3) is 0.684. The summed E-state index contributed by atoms with van der Waals surface area (Å²) in [5.74, 6) is -1.08. The van der Waals surface area contributed by atoms with Crippen molar-refractivity contribution in [1.29, 1.82) is 0 Å². The Morgan fingerprint density at radius 3 is 2.50 bits per heavy atom. The van der Waals surface area contributed by atoms with Gasteiger partial charge in [-0.15, -0.1) is 0 Å². The van der Waals surface area contributed by atoms with Gasteiger partial charge in [-0.3, -0.25) is 9.80 Å². The van der Waals surface area contributed by atoms with Crippen molar-refractivity contribution in [2.45, 2.75) is 24.8 Å². The highest BCUT2D eigenvalue weighted by Gasteiger charge is 2.32. The van der Waals surface area contributed by atoms with E-state index in [-0.39, 0.29) is 19.2 Å². The molecule has 0 radical (unpaired) electrons. The Labute approximate surface area is 166 Å². The Hall–Kier alpha value is -1.13. The van der Waals surface area contributed by atoms with E-state index in [1.165, 1.54) is 4.31 Å². The van der Waals surface area contributed by atoms with Crippen molar-refractivity contribution in [3.05, 3.63) is 29.8 Å². The smallest absolute Gasteiger partial charge is 0.246 e. The quantitative estimate of drug-likeness (QED) is 0.704. The standard InChI is InChI=1S/C19H29F2N3O3S/c1-15(2)12-23-9-10-27-17(14-23)13-22-5-7-24(8-6-22)28(25,26)19-11-16(20)3-4-18(19)21/h3-4,11,15,17H,5-10,12-14H2,1-2H3/t17-/m1/s1. The monoisotopic (exact) mass is 417 g/mol. The van der Waals surface area contributed by atoms with Crippen LogP contribution in [-0.4, -0.2) is 87.6 Å². The molecular weight excluding hydrogens is 388 g/mol. The van der Waals surface area contributed by atoms with Crippen molar-refractivity contribution >= 4 is 10.0 Å². The first kappa shape index (κ1) is 21.6. The molecule has 1 aromatic carbocycles. The molecule has 0 unspecified atom stereocenters. The van der Waals surface area contributed by atoms with Crippen LogP contribution in [-0.2, 0) is 14.8 Å². The molecule has 9 heteroatoms. The lowest BCUT2D eigenvalue weighted by Gasteiger charge is -2.39. The number of morpholine rings is 1. The number of rotatable bonds is 6. The number of sulfonamides is 1. The number of ether oxygens (including phenoxy) is 1. The second-order valence-electron chi connectivity index (χ2n) is 7.93. The van der Waals surface area contributed by atoms with Crippen molar-refractivity contribution in [2.75, 3.05) is 59.0 Å². The molecule has 0 aromatic heterocycles. The number of hydrogen-bond donors (Lipinski definition) is 0. The summed E-state index contributed by atoms with van der Waals surface area (Å²) in [5.41, 5.74) is 0. The highest BCUT2D eigenvalue weighted by atomic mass is 32.2. The molecule has 2 aliphatic heterocycles. The van der Waals surface area contributed by atoms with Crippen LogP contribution in [0.4, 0.5) is 8.78 Å². The molecule has 2 saturated heterocycles. The molecule has 0 aliphatic carbocycles. The van der Waals surface area contributed by atoms with E-state index in [2.05, 4.69) is 23.6 Å². The highest BCUT2D eigenvalue weighted by Crippen LogP contribution is 2.22. The van der Waals surface area contributed by atoms with Gasteiger partial charge in [0.05, 0.1) is 12.7 Å². The summed E-state index contributed by atoms with van der Waals surface area (Å²) in [7, 11) is -4.04. The number of halogens is 2. The number of benzene rings is 1. The van der Waals surface area contributed by atoms with Crippen molar-refractivity contribution in [3.8, 4) is 0 Å². The molecule has 0 N–H and O–H groups in total. The molecule has 0 spiro atoms. The Bertz CT molecular complexity index is 768. The van der Waals surface area contributed by atoms with Gasteiger partial charge >= 0.3 is 0 Å². The number of piperazine rings is 1. The first-order chi connectivity index (χ1) is 13.3. The Balaban J connectivity index is 1.55. The summed E-state index contributed by atoms with van der Waals surface area (Å²) in [6.07, 6.45) is 0.108. The molecule has 0 bridgehead atoms. The zero-order valence-electron chi connectivity index (χ0n) is 16.5. The molecule has 1 atom stereocenters. The van der Waals surface area contributed by atoms with Crippen LogP contribution in [0.1, 0.15) is 13.8 Å². The normalized spacial score (nSPS) is 23.4. The fourth-order valence-electron chi connectivity index (χ4n) is 3.83. The molecule has 28 heavy (non-hydrogen) atoms.